The number of hydrogen-bond acceptors (Lipinski definition) is 8. The molecule has 0 saturated carbocycles. The first-order valence-electron chi connectivity index (χ1n) is 10.1. The van der Waals surface area contributed by atoms with E-state index in [1.807, 2.05) is 0 Å². The monoisotopic (exact) mass is 577 g/mol. The average molecular weight is 577 g/mol. The summed E-state index contributed by atoms with van der Waals surface area (Å²) in [7, 11) is -9.23. The molecule has 36 heavy (non-hydrogen) atoms. The summed E-state index contributed by atoms with van der Waals surface area (Å²) in [6.07, 6.45) is -9.13. The molecule has 1 unspecified atom stereocenters. The number of phosphoric ester groups is 1. The molecule has 2 heterocycles. The number of benzene rings is 1. The van der Waals surface area contributed by atoms with Gasteiger partial charge >= 0.3 is 71.4 Å². The van der Waals surface area contributed by atoms with Gasteiger partial charge < -0.3 is 28.7 Å². The van der Waals surface area contributed by atoms with E-state index in [4.69, 9.17) is 9.63 Å². The topological polar surface area (TPSA) is 146 Å². The second-order valence-corrected chi connectivity index (χ2v) is 11.0. The minimum absolute atomic E-state index is 0. The van der Waals surface area contributed by atoms with Gasteiger partial charge in [0.15, 0.2) is 0 Å². The number of ether oxygens (including phenoxy) is 2. The largest absolute Gasteiger partial charge is 1.00 e. The number of carbonyl (C=O) groups is 1. The molecule has 2 aliphatic heterocycles. The van der Waals surface area contributed by atoms with E-state index >= 15 is 0 Å². The van der Waals surface area contributed by atoms with Crippen LogP contribution in [0.2, 0.25) is 0 Å². The fraction of sp³-hybridized carbons (Fsp3) is 0.611. The van der Waals surface area contributed by atoms with Gasteiger partial charge in [-0.3, -0.25) is 4.57 Å². The molecule has 0 aromatic heterocycles. The molecule has 0 aliphatic carbocycles. The van der Waals surface area contributed by atoms with Gasteiger partial charge in [0.2, 0.25) is 16.1 Å². The van der Waals surface area contributed by atoms with Gasteiger partial charge in [-0.05, 0) is 25.0 Å². The maximum atomic E-state index is 13.1. The third-order valence-corrected chi connectivity index (χ3v) is 7.86. The molecular weight excluding hydrogens is 554 g/mol. The van der Waals surface area contributed by atoms with Crippen LogP contribution in [0.3, 0.4) is 0 Å². The molecule has 1 aromatic rings. The molecule has 2 saturated heterocycles. The molecule has 3 rings (SSSR count). The van der Waals surface area contributed by atoms with E-state index in [1.165, 1.54) is 16.4 Å². The third-order valence-electron chi connectivity index (χ3n) is 5.52. The number of sulfonamides is 1. The van der Waals surface area contributed by atoms with Gasteiger partial charge in [0.25, 0.3) is 7.82 Å². The van der Waals surface area contributed by atoms with Crippen molar-refractivity contribution in [3.8, 4) is 0 Å². The van der Waals surface area contributed by atoms with Crippen molar-refractivity contribution in [3.05, 3.63) is 30.3 Å². The van der Waals surface area contributed by atoms with Crippen molar-refractivity contribution in [3.63, 3.8) is 0 Å². The summed E-state index contributed by atoms with van der Waals surface area (Å²) in [5.74, 6) is 0. The Balaban J connectivity index is 0.00000324. The fourth-order valence-corrected chi connectivity index (χ4v) is 5.55. The van der Waals surface area contributed by atoms with E-state index in [0.717, 1.165) is 4.90 Å². The number of hydrogen-bond donors (Lipinski definition) is 1. The van der Waals surface area contributed by atoms with Gasteiger partial charge in [-0.15, -0.1) is 0 Å². The van der Waals surface area contributed by atoms with E-state index in [9.17, 15) is 35.8 Å². The van der Waals surface area contributed by atoms with Crippen LogP contribution >= 0.6 is 7.82 Å². The van der Waals surface area contributed by atoms with Gasteiger partial charge in [-0.2, -0.15) is 17.5 Å². The first-order chi connectivity index (χ1) is 15.7. The van der Waals surface area contributed by atoms with E-state index in [2.05, 4.69) is 9.26 Å². The molecule has 18 heteroatoms. The Morgan fingerprint density at radius 2 is 1.78 bits per heavy atom. The van der Waals surface area contributed by atoms with Crippen molar-refractivity contribution in [2.24, 2.45) is 0 Å². The zero-order chi connectivity index (χ0) is 25.2. The number of rotatable bonds is 6. The van der Waals surface area contributed by atoms with Crippen LogP contribution in [0.5, 0.6) is 0 Å². The van der Waals surface area contributed by atoms with Crippen molar-refractivity contribution in [2.75, 3.05) is 39.4 Å². The zero-order valence-electron chi connectivity index (χ0n) is 19.7. The molecule has 2 aliphatic rings. The quantitative estimate of drug-likeness (QED) is 0.260. The molecule has 2 fully saturated rings. The van der Waals surface area contributed by atoms with Crippen molar-refractivity contribution >= 4 is 23.9 Å². The van der Waals surface area contributed by atoms with Gasteiger partial charge in [-0.1, -0.05) is 18.2 Å². The number of piperidine rings is 1. The van der Waals surface area contributed by atoms with Crippen molar-refractivity contribution in [1.82, 2.24) is 9.21 Å². The average Bonchev–Trinajstić information content (AvgIpc) is 2.76. The van der Waals surface area contributed by atoms with Crippen LogP contribution in [-0.2, 0) is 28.6 Å². The van der Waals surface area contributed by atoms with Crippen LogP contribution in [0.1, 0.15) is 12.8 Å². The minimum atomic E-state index is -5.45. The predicted octanol–water partition coefficient (Wildman–Crippen LogP) is -4.91. The molecule has 1 amide bonds. The van der Waals surface area contributed by atoms with Crippen LogP contribution in [0.15, 0.2) is 35.2 Å². The van der Waals surface area contributed by atoms with Crippen LogP contribution in [-0.4, -0.2) is 85.9 Å². The number of amides is 1. The summed E-state index contributed by atoms with van der Waals surface area (Å²) >= 11 is 0. The molecular formula is C18H23F3N2Na2O9PS+. The first-order valence-corrected chi connectivity index (χ1v) is 13.1. The van der Waals surface area contributed by atoms with Crippen molar-refractivity contribution in [2.45, 2.75) is 35.6 Å². The maximum Gasteiger partial charge on any atom is 1.00 e. The molecule has 192 valence electrons. The van der Waals surface area contributed by atoms with Crippen LogP contribution < -0.4 is 64.0 Å². The number of likely N-dealkylation sites (tertiary alicyclic amines) is 1. The van der Waals surface area contributed by atoms with Gasteiger partial charge in [0.1, 0.15) is 6.61 Å². The summed E-state index contributed by atoms with van der Waals surface area (Å²) in [6.45, 7) is -1.53. The van der Waals surface area contributed by atoms with E-state index in [-0.39, 0.29) is 110 Å². The van der Waals surface area contributed by atoms with Crippen LogP contribution in [0, 0.1) is 0 Å². The number of halogens is 3. The zero-order valence-corrected chi connectivity index (χ0v) is 25.4. The fourth-order valence-electron chi connectivity index (χ4n) is 3.71. The van der Waals surface area contributed by atoms with Crippen LogP contribution in [0.4, 0.5) is 18.0 Å². The van der Waals surface area contributed by atoms with Crippen molar-refractivity contribution < 1.29 is 114 Å². The smallest absolute Gasteiger partial charge is 0.756 e. The normalized spacial score (nSPS) is 21.0. The Bertz CT molecular complexity index is 1020. The summed E-state index contributed by atoms with van der Waals surface area (Å²) in [4.78, 5) is 32.5. The van der Waals surface area contributed by atoms with E-state index in [1.54, 1.807) is 18.2 Å². The number of carbonyl (C=O) groups excluding carboxylic acids is 1. The molecule has 2 atom stereocenters. The van der Waals surface area contributed by atoms with Gasteiger partial charge in [0, 0.05) is 26.2 Å². The summed E-state index contributed by atoms with van der Waals surface area (Å²) in [5.41, 5.74) is -0.921. The second-order valence-electron chi connectivity index (χ2n) is 7.85. The molecule has 1 aromatic carbocycles. The second kappa shape index (κ2) is 13.6. The number of morpholine rings is 1. The predicted molar refractivity (Wildman–Crippen MR) is 107 cm³/mol. The van der Waals surface area contributed by atoms with Gasteiger partial charge in [0.05, 0.1) is 17.1 Å². The summed E-state index contributed by atoms with van der Waals surface area (Å²) < 4.78 is 90.9. The minimum Gasteiger partial charge on any atom is -0.756 e. The number of phosphoric acid groups is 1. The molecule has 0 radical (unpaired) electrons. The molecule has 11 nitrogen and oxygen atoms in total. The maximum absolute atomic E-state index is 13.1. The molecule has 1 N–H and O–H groups in total. The Hall–Kier alpha value is 0.260. The standard InChI is InChI=1S/C18H24F3N2O9PS.2Na/c19-18(20,21)15(12-31-33(25,26)27)32-16(24)22-8-6-17(7-9-22)13-23(10-11-30-17)34(28,29)14-4-2-1-3-5-14;;/h1-5,15H,6-13H2,(H2,25,26,27);;/q;2*+1/p-1/t15-;;/m1../s1. The van der Waals surface area contributed by atoms with Gasteiger partial charge in [-0.25, -0.2) is 13.2 Å². The third kappa shape index (κ3) is 9.18. The molecule has 0 bridgehead atoms. The Labute approximate surface area is 250 Å². The number of alkyl halides is 3. The Kier molecular flexibility index (Phi) is 12.9. The summed E-state index contributed by atoms with van der Waals surface area (Å²) in [6, 6.07) is 7.83. The van der Waals surface area contributed by atoms with Crippen molar-refractivity contribution in [1.29, 1.82) is 0 Å². The van der Waals surface area contributed by atoms with E-state index < -0.39 is 48.4 Å². The number of nitrogens with zero attached hydrogens (tertiary/aromatic N) is 2. The summed E-state index contributed by atoms with van der Waals surface area (Å²) in [5, 5.41) is 0. The van der Waals surface area contributed by atoms with E-state index in [0.29, 0.717) is 0 Å². The molecule has 1 spiro atoms. The SMILES string of the molecule is O=C(O[C@H](COP(=O)([O-])O)C(F)(F)F)N1CCC2(CC1)CN(S(=O)(=O)c1ccccc1)CCO2.[Na+].[Na+]. The first kappa shape index (κ1) is 34.3. The Morgan fingerprint density at radius 1 is 1.19 bits per heavy atom. The Morgan fingerprint density at radius 3 is 2.31 bits per heavy atom. The van der Waals surface area contributed by atoms with Crippen LogP contribution in [0.25, 0.3) is 0 Å².